The van der Waals surface area contributed by atoms with Crippen LogP contribution < -0.4 is 16.4 Å². The van der Waals surface area contributed by atoms with Gasteiger partial charge in [0.25, 0.3) is 11.8 Å². The van der Waals surface area contributed by atoms with E-state index in [4.69, 9.17) is 5.73 Å². The van der Waals surface area contributed by atoms with Gasteiger partial charge in [0, 0.05) is 47.5 Å². The SMILES string of the molecule is NCCCc1c(C(=O)O)[nH]c2ccc(C(=O)Nc3nc(C(=O)NC4CCN(Cc5ccccc5)CC4)cs3)cc12. The number of carboxylic acid groups (broad SMARTS) is 1. The van der Waals surface area contributed by atoms with Gasteiger partial charge in [0.15, 0.2) is 5.13 Å². The average Bonchev–Trinajstić information content (AvgIpc) is 3.58. The van der Waals surface area contributed by atoms with Gasteiger partial charge in [-0.05, 0) is 61.6 Å². The molecule has 0 saturated carbocycles. The summed E-state index contributed by atoms with van der Waals surface area (Å²) in [6, 6.07) is 15.4. The zero-order valence-corrected chi connectivity index (χ0v) is 22.8. The maximum atomic E-state index is 13.0. The van der Waals surface area contributed by atoms with Crippen LogP contribution >= 0.6 is 11.3 Å². The topological polar surface area (TPSA) is 153 Å². The highest BCUT2D eigenvalue weighted by Gasteiger charge is 2.23. The molecule has 11 heteroatoms. The fourth-order valence-electron chi connectivity index (χ4n) is 5.05. The van der Waals surface area contributed by atoms with E-state index in [2.05, 4.69) is 37.6 Å². The van der Waals surface area contributed by atoms with Crippen molar-refractivity contribution in [2.75, 3.05) is 25.0 Å². The average molecular weight is 561 g/mol. The Hall–Kier alpha value is -4.06. The fraction of sp³-hybridized carbons (Fsp3) is 0.310. The van der Waals surface area contributed by atoms with Crippen LogP contribution in [0.3, 0.4) is 0 Å². The Labute approximate surface area is 235 Å². The van der Waals surface area contributed by atoms with E-state index >= 15 is 0 Å². The Bertz CT molecular complexity index is 1510. The number of hydrogen-bond donors (Lipinski definition) is 5. The van der Waals surface area contributed by atoms with Crippen LogP contribution in [0.4, 0.5) is 5.13 Å². The third-order valence-electron chi connectivity index (χ3n) is 7.14. The number of H-pyrrole nitrogens is 1. The molecule has 1 saturated heterocycles. The van der Waals surface area contributed by atoms with E-state index in [-0.39, 0.29) is 23.3 Å². The lowest BCUT2D eigenvalue weighted by Crippen LogP contribution is -2.44. The van der Waals surface area contributed by atoms with Crippen LogP contribution in [0.25, 0.3) is 10.9 Å². The van der Waals surface area contributed by atoms with Crippen LogP contribution in [0, 0.1) is 0 Å². The molecule has 40 heavy (non-hydrogen) atoms. The minimum atomic E-state index is -1.06. The molecular weight excluding hydrogens is 528 g/mol. The van der Waals surface area contributed by atoms with Crippen LogP contribution in [-0.2, 0) is 13.0 Å². The molecule has 1 aliphatic rings. The normalized spacial score (nSPS) is 14.3. The summed E-state index contributed by atoms with van der Waals surface area (Å²) in [6.45, 7) is 3.15. The van der Waals surface area contributed by atoms with Crippen molar-refractivity contribution in [1.82, 2.24) is 20.2 Å². The van der Waals surface area contributed by atoms with Crippen molar-refractivity contribution in [2.24, 2.45) is 5.73 Å². The quantitative estimate of drug-likeness (QED) is 0.197. The Kier molecular flexibility index (Phi) is 8.54. The van der Waals surface area contributed by atoms with E-state index in [1.54, 1.807) is 23.6 Å². The van der Waals surface area contributed by atoms with Crippen LogP contribution in [0.1, 0.15) is 61.7 Å². The number of amides is 2. The number of aromatic amines is 1. The Morgan fingerprint density at radius 2 is 1.88 bits per heavy atom. The van der Waals surface area contributed by atoms with Crippen LogP contribution in [0.5, 0.6) is 0 Å². The first kappa shape index (κ1) is 27.5. The Morgan fingerprint density at radius 3 is 2.60 bits per heavy atom. The van der Waals surface area contributed by atoms with Gasteiger partial charge in [-0.15, -0.1) is 11.3 Å². The molecule has 6 N–H and O–H groups in total. The number of aryl methyl sites for hydroxylation is 1. The van der Waals surface area contributed by atoms with Crippen molar-refractivity contribution in [2.45, 2.75) is 38.3 Å². The molecule has 208 valence electrons. The highest BCUT2D eigenvalue weighted by atomic mass is 32.1. The maximum Gasteiger partial charge on any atom is 0.352 e. The summed E-state index contributed by atoms with van der Waals surface area (Å²) < 4.78 is 0. The number of aromatic carboxylic acids is 1. The first-order valence-corrected chi connectivity index (χ1v) is 14.2. The van der Waals surface area contributed by atoms with Gasteiger partial charge >= 0.3 is 5.97 Å². The van der Waals surface area contributed by atoms with E-state index < -0.39 is 11.9 Å². The lowest BCUT2D eigenvalue weighted by molar-refractivity contribution is 0.0689. The molecule has 0 atom stereocenters. The number of anilines is 1. The number of nitrogens with zero attached hydrogens (tertiary/aromatic N) is 2. The molecule has 0 aliphatic carbocycles. The number of carbonyl (C=O) groups excluding carboxylic acids is 2. The van der Waals surface area contributed by atoms with Gasteiger partial charge < -0.3 is 21.1 Å². The summed E-state index contributed by atoms with van der Waals surface area (Å²) in [5, 5.41) is 18.0. The number of piperidine rings is 1. The molecule has 4 aromatic rings. The van der Waals surface area contributed by atoms with Crippen molar-refractivity contribution >= 4 is 45.2 Å². The van der Waals surface area contributed by atoms with Crippen molar-refractivity contribution in [3.8, 4) is 0 Å². The molecule has 0 radical (unpaired) electrons. The summed E-state index contributed by atoms with van der Waals surface area (Å²) in [4.78, 5) is 47.1. The number of aromatic nitrogens is 2. The molecule has 0 bridgehead atoms. The molecule has 3 heterocycles. The Balaban J connectivity index is 1.18. The second kappa shape index (κ2) is 12.4. The molecule has 5 rings (SSSR count). The molecule has 1 aliphatic heterocycles. The summed E-state index contributed by atoms with van der Waals surface area (Å²) in [5.74, 6) is -1.70. The second-order valence-corrected chi connectivity index (χ2v) is 10.8. The van der Waals surface area contributed by atoms with E-state index in [9.17, 15) is 19.5 Å². The summed E-state index contributed by atoms with van der Waals surface area (Å²) >= 11 is 1.18. The zero-order chi connectivity index (χ0) is 28.1. The maximum absolute atomic E-state index is 13.0. The van der Waals surface area contributed by atoms with Crippen molar-refractivity contribution in [3.05, 3.63) is 82.0 Å². The molecule has 10 nitrogen and oxygen atoms in total. The van der Waals surface area contributed by atoms with Gasteiger partial charge in [-0.1, -0.05) is 30.3 Å². The summed E-state index contributed by atoms with van der Waals surface area (Å²) in [6.07, 6.45) is 2.84. The molecular formula is C29H32N6O4S. The second-order valence-electron chi connectivity index (χ2n) is 9.94. The van der Waals surface area contributed by atoms with Gasteiger partial charge in [0.2, 0.25) is 0 Å². The lowest BCUT2D eigenvalue weighted by Gasteiger charge is -2.32. The van der Waals surface area contributed by atoms with Crippen LogP contribution in [-0.4, -0.2) is 63.4 Å². The summed E-state index contributed by atoms with van der Waals surface area (Å²) in [7, 11) is 0. The number of rotatable bonds is 10. The predicted octanol–water partition coefficient (Wildman–Crippen LogP) is 3.86. The number of carboxylic acids is 1. The third kappa shape index (κ3) is 6.39. The number of nitrogens with two attached hydrogens (primary N) is 1. The first-order valence-electron chi connectivity index (χ1n) is 13.3. The van der Waals surface area contributed by atoms with Crippen molar-refractivity contribution in [1.29, 1.82) is 0 Å². The lowest BCUT2D eigenvalue weighted by atomic mass is 10.0. The van der Waals surface area contributed by atoms with E-state index in [0.29, 0.717) is 46.5 Å². The minimum Gasteiger partial charge on any atom is -0.477 e. The minimum absolute atomic E-state index is 0.0801. The monoisotopic (exact) mass is 560 g/mol. The molecule has 0 spiro atoms. The number of benzene rings is 2. The predicted molar refractivity (Wildman–Crippen MR) is 155 cm³/mol. The van der Waals surface area contributed by atoms with Gasteiger partial charge in [0.1, 0.15) is 11.4 Å². The largest absolute Gasteiger partial charge is 0.477 e. The van der Waals surface area contributed by atoms with E-state index in [0.717, 1.165) is 32.5 Å². The Morgan fingerprint density at radius 1 is 1.10 bits per heavy atom. The van der Waals surface area contributed by atoms with Crippen molar-refractivity contribution < 1.29 is 19.5 Å². The highest BCUT2D eigenvalue weighted by Crippen LogP contribution is 2.26. The number of likely N-dealkylation sites (tertiary alicyclic amines) is 1. The van der Waals surface area contributed by atoms with Crippen molar-refractivity contribution in [3.63, 3.8) is 0 Å². The van der Waals surface area contributed by atoms with E-state index in [1.807, 2.05) is 18.2 Å². The molecule has 2 aromatic heterocycles. The van der Waals surface area contributed by atoms with Gasteiger partial charge in [-0.2, -0.15) is 0 Å². The van der Waals surface area contributed by atoms with Gasteiger partial charge in [-0.25, -0.2) is 9.78 Å². The van der Waals surface area contributed by atoms with Crippen LogP contribution in [0.2, 0.25) is 0 Å². The smallest absolute Gasteiger partial charge is 0.352 e. The number of fused-ring (bicyclic) bond motifs is 1. The molecule has 2 aromatic carbocycles. The van der Waals surface area contributed by atoms with Gasteiger partial charge in [0.05, 0.1) is 0 Å². The standard InChI is InChI=1S/C29H32N6O4S/c30-12-4-7-21-22-15-19(8-9-23(22)32-25(21)28(38)39)26(36)34-29-33-24(17-40-29)27(37)31-20-10-13-35(14-11-20)16-18-5-2-1-3-6-18/h1-3,5-6,8-9,15,17,20,32H,4,7,10-14,16,30H2,(H,31,37)(H,38,39)(H,33,34,36). The fourth-order valence-corrected chi connectivity index (χ4v) is 5.74. The zero-order valence-electron chi connectivity index (χ0n) is 22.0. The summed E-state index contributed by atoms with van der Waals surface area (Å²) in [5.41, 5.74) is 8.92. The number of thiazole rings is 1. The van der Waals surface area contributed by atoms with Gasteiger partial charge in [-0.3, -0.25) is 19.8 Å². The third-order valence-corrected chi connectivity index (χ3v) is 7.90. The number of hydrogen-bond acceptors (Lipinski definition) is 7. The first-order chi connectivity index (χ1) is 19.4. The van der Waals surface area contributed by atoms with E-state index in [1.165, 1.54) is 16.9 Å². The van der Waals surface area contributed by atoms with Crippen LogP contribution in [0.15, 0.2) is 53.9 Å². The number of nitrogens with one attached hydrogen (secondary N) is 3. The molecule has 2 amide bonds. The highest BCUT2D eigenvalue weighted by molar-refractivity contribution is 7.14. The molecule has 1 fully saturated rings. The number of carbonyl (C=O) groups is 3. The molecule has 0 unspecified atom stereocenters.